The molecule has 1 aliphatic heterocycles. The van der Waals surface area contributed by atoms with Crippen LogP contribution in [-0.2, 0) is 6.42 Å². The van der Waals surface area contributed by atoms with Crippen molar-refractivity contribution in [3.63, 3.8) is 0 Å². The minimum Gasteiger partial charge on any atom is -0.439 e. The Hall–Kier alpha value is -1.10. The smallest absolute Gasteiger partial charge is 0.326 e. The van der Waals surface area contributed by atoms with E-state index in [-0.39, 0.29) is 6.42 Å². The molecular formula is C16H29NO3. The van der Waals surface area contributed by atoms with Crippen LogP contribution in [0.5, 0.6) is 5.75 Å². The Labute approximate surface area is 122 Å². The second-order valence-electron chi connectivity index (χ2n) is 4.12. The van der Waals surface area contributed by atoms with Gasteiger partial charge in [0, 0.05) is 5.56 Å². The second kappa shape index (κ2) is 8.95. The van der Waals surface area contributed by atoms with Gasteiger partial charge in [0.25, 0.3) is 0 Å². The molecule has 0 radical (unpaired) electrons. The molecule has 0 amide bonds. The van der Waals surface area contributed by atoms with Crippen LogP contribution in [0.1, 0.15) is 57.6 Å². The summed E-state index contributed by atoms with van der Waals surface area (Å²) >= 11 is 0. The first kappa shape index (κ1) is 18.9. The highest BCUT2D eigenvalue weighted by Crippen LogP contribution is 2.46. The molecule has 0 spiro atoms. The summed E-state index contributed by atoms with van der Waals surface area (Å²) in [5, 5.41) is 18.8. The minimum absolute atomic E-state index is 0.189. The zero-order valence-corrected chi connectivity index (χ0v) is 13.3. The number of hydrogen-bond donors (Lipinski definition) is 3. The van der Waals surface area contributed by atoms with E-state index in [2.05, 4.69) is 11.8 Å². The van der Waals surface area contributed by atoms with Crippen molar-refractivity contribution in [3.8, 4) is 5.75 Å². The van der Waals surface area contributed by atoms with Crippen molar-refractivity contribution in [2.75, 3.05) is 7.05 Å². The summed E-state index contributed by atoms with van der Waals surface area (Å²) in [5.74, 6) is -0.755. The fourth-order valence-electron chi connectivity index (χ4n) is 2.09. The number of rotatable bonds is 1. The van der Waals surface area contributed by atoms with E-state index < -0.39 is 5.97 Å². The van der Waals surface area contributed by atoms with Gasteiger partial charge >= 0.3 is 5.97 Å². The lowest BCUT2D eigenvalue weighted by Crippen LogP contribution is -2.32. The zero-order valence-electron chi connectivity index (χ0n) is 13.3. The first-order valence-corrected chi connectivity index (χ1v) is 7.49. The Morgan fingerprint density at radius 3 is 2.15 bits per heavy atom. The Kier molecular flexibility index (Phi) is 8.46. The van der Waals surface area contributed by atoms with Gasteiger partial charge in [-0.05, 0) is 37.4 Å². The predicted molar refractivity (Wildman–Crippen MR) is 82.7 cm³/mol. The fraction of sp³-hybridized carbons (Fsp3) is 0.625. The van der Waals surface area contributed by atoms with Crippen LogP contribution in [0, 0.1) is 0 Å². The molecule has 0 bridgehead atoms. The molecule has 4 nitrogen and oxygen atoms in total. The van der Waals surface area contributed by atoms with Gasteiger partial charge in [-0.15, -0.1) is 0 Å². The molecular weight excluding hydrogens is 254 g/mol. The molecule has 1 fully saturated rings. The molecule has 1 heterocycles. The molecule has 0 atom stereocenters. The molecule has 1 aromatic carbocycles. The lowest BCUT2D eigenvalue weighted by molar-refractivity contribution is -0.279. The van der Waals surface area contributed by atoms with Crippen LogP contribution in [0.3, 0.4) is 0 Å². The van der Waals surface area contributed by atoms with Crippen molar-refractivity contribution in [1.29, 1.82) is 0 Å². The highest BCUT2D eigenvalue weighted by Gasteiger charge is 2.39. The van der Waals surface area contributed by atoms with Gasteiger partial charge < -0.3 is 20.7 Å². The van der Waals surface area contributed by atoms with Gasteiger partial charge in [-0.3, -0.25) is 0 Å². The maximum Gasteiger partial charge on any atom is 0.326 e. The van der Waals surface area contributed by atoms with E-state index in [1.54, 1.807) is 6.07 Å². The van der Waals surface area contributed by atoms with Crippen molar-refractivity contribution >= 4 is 0 Å². The van der Waals surface area contributed by atoms with E-state index in [0.717, 1.165) is 5.56 Å². The van der Waals surface area contributed by atoms with Gasteiger partial charge in [-0.2, -0.15) is 0 Å². The van der Waals surface area contributed by atoms with Crippen molar-refractivity contribution in [3.05, 3.63) is 29.3 Å². The van der Waals surface area contributed by atoms with Gasteiger partial charge in [0.2, 0.25) is 0 Å². The van der Waals surface area contributed by atoms with Crippen LogP contribution in [-0.4, -0.2) is 23.2 Å². The van der Waals surface area contributed by atoms with Crippen molar-refractivity contribution < 1.29 is 14.9 Å². The monoisotopic (exact) mass is 283 g/mol. The third-order valence-electron chi connectivity index (χ3n) is 2.87. The SMILES string of the molecule is CC.CC.CN.OC1(O)Cc2c(cccc2C2CC2)O1. The molecule has 116 valence electrons. The van der Waals surface area contributed by atoms with Gasteiger partial charge in [0.15, 0.2) is 0 Å². The normalized spacial score (nSPS) is 17.0. The third-order valence-corrected chi connectivity index (χ3v) is 2.87. The number of hydrogen-bond acceptors (Lipinski definition) is 4. The van der Waals surface area contributed by atoms with E-state index in [1.807, 2.05) is 33.8 Å². The quantitative estimate of drug-likeness (QED) is 0.693. The number of fused-ring (bicyclic) bond motifs is 1. The predicted octanol–water partition coefficient (Wildman–Crippen LogP) is 2.76. The summed E-state index contributed by atoms with van der Waals surface area (Å²) in [6.07, 6.45) is 2.61. The van der Waals surface area contributed by atoms with Crippen LogP contribution >= 0.6 is 0 Å². The maximum absolute atomic E-state index is 9.38. The van der Waals surface area contributed by atoms with E-state index in [4.69, 9.17) is 4.74 Å². The molecule has 1 aromatic rings. The van der Waals surface area contributed by atoms with Crippen LogP contribution in [0.15, 0.2) is 18.2 Å². The molecule has 4 N–H and O–H groups in total. The summed E-state index contributed by atoms with van der Waals surface area (Å²) in [5.41, 5.74) is 6.70. The minimum atomic E-state index is -1.99. The first-order valence-electron chi connectivity index (χ1n) is 7.49. The highest BCUT2D eigenvalue weighted by molar-refractivity contribution is 5.46. The highest BCUT2D eigenvalue weighted by atomic mass is 16.8. The maximum atomic E-state index is 9.38. The van der Waals surface area contributed by atoms with Crippen molar-refractivity contribution in [2.45, 2.75) is 58.8 Å². The number of nitrogens with two attached hydrogens (primary N) is 1. The molecule has 0 saturated heterocycles. The average molecular weight is 283 g/mol. The van der Waals surface area contributed by atoms with Crippen molar-refractivity contribution in [1.82, 2.24) is 0 Å². The number of ether oxygens (including phenoxy) is 1. The number of benzene rings is 1. The van der Waals surface area contributed by atoms with E-state index in [9.17, 15) is 10.2 Å². The molecule has 4 heteroatoms. The summed E-state index contributed by atoms with van der Waals surface area (Å²) in [4.78, 5) is 0. The molecule has 2 aliphatic rings. The Bertz CT molecular complexity index is 387. The molecule has 1 aliphatic carbocycles. The Morgan fingerprint density at radius 1 is 1.10 bits per heavy atom. The second-order valence-corrected chi connectivity index (χ2v) is 4.12. The first-order chi connectivity index (χ1) is 9.66. The standard InChI is InChI=1S/C11H12O3.2C2H6.CH5N/c12-11(13)6-9-8(7-4-5-7)2-1-3-10(9)14-11;3*1-2/h1-3,7,12-13H,4-6H2;2*1-2H3;2H2,1H3. The topological polar surface area (TPSA) is 75.7 Å². The molecule has 0 unspecified atom stereocenters. The van der Waals surface area contributed by atoms with Gasteiger partial charge in [0.05, 0.1) is 6.42 Å². The summed E-state index contributed by atoms with van der Waals surface area (Å²) in [6, 6.07) is 5.75. The van der Waals surface area contributed by atoms with Crippen LogP contribution in [0.4, 0.5) is 0 Å². The van der Waals surface area contributed by atoms with Gasteiger partial charge in [-0.25, -0.2) is 0 Å². The lowest BCUT2D eigenvalue weighted by atomic mass is 10.0. The van der Waals surface area contributed by atoms with Crippen LogP contribution < -0.4 is 10.5 Å². The molecule has 20 heavy (non-hydrogen) atoms. The Balaban J connectivity index is 0.000000538. The summed E-state index contributed by atoms with van der Waals surface area (Å²) < 4.78 is 5.02. The van der Waals surface area contributed by atoms with Crippen molar-refractivity contribution in [2.24, 2.45) is 5.73 Å². The van der Waals surface area contributed by atoms with E-state index in [1.165, 1.54) is 25.5 Å². The molecule has 1 saturated carbocycles. The molecule has 0 aromatic heterocycles. The van der Waals surface area contributed by atoms with E-state index in [0.29, 0.717) is 11.7 Å². The summed E-state index contributed by atoms with van der Waals surface area (Å²) in [7, 11) is 1.50. The molecule has 3 rings (SSSR count). The van der Waals surface area contributed by atoms with Gasteiger partial charge in [0.1, 0.15) is 5.75 Å². The zero-order chi connectivity index (χ0) is 15.8. The van der Waals surface area contributed by atoms with Crippen LogP contribution in [0.2, 0.25) is 0 Å². The Morgan fingerprint density at radius 2 is 1.65 bits per heavy atom. The average Bonchev–Trinajstić information content (AvgIpc) is 3.27. The lowest BCUT2D eigenvalue weighted by Gasteiger charge is -2.12. The largest absolute Gasteiger partial charge is 0.439 e. The van der Waals surface area contributed by atoms with E-state index >= 15 is 0 Å². The fourth-order valence-corrected chi connectivity index (χ4v) is 2.09. The third kappa shape index (κ3) is 4.78. The van der Waals surface area contributed by atoms with Crippen LogP contribution in [0.25, 0.3) is 0 Å². The van der Waals surface area contributed by atoms with Gasteiger partial charge in [-0.1, -0.05) is 39.8 Å². The number of aliphatic hydroxyl groups is 2. The summed E-state index contributed by atoms with van der Waals surface area (Å²) in [6.45, 7) is 8.00.